The number of amides is 1. The maximum Gasteiger partial charge on any atom is 0.409 e. The molecule has 0 aliphatic heterocycles. The third kappa shape index (κ3) is 3.54. The first-order valence-corrected chi connectivity index (χ1v) is 6.75. The summed E-state index contributed by atoms with van der Waals surface area (Å²) in [5.41, 5.74) is 6.61. The van der Waals surface area contributed by atoms with Crippen LogP contribution in [0.3, 0.4) is 0 Å². The van der Waals surface area contributed by atoms with Crippen LogP contribution in [0.1, 0.15) is 21.5 Å². The Morgan fingerprint density at radius 3 is 2.48 bits per heavy atom. The Hall–Kier alpha value is -2.04. The van der Waals surface area contributed by atoms with Crippen LogP contribution in [0.5, 0.6) is 5.75 Å². The number of hydrogen-bond donors (Lipinski definition) is 1. The zero-order chi connectivity index (χ0) is 15.4. The molecule has 0 radical (unpaired) electrons. The van der Waals surface area contributed by atoms with Gasteiger partial charge in [-0.15, -0.1) is 0 Å². The zero-order valence-corrected chi connectivity index (χ0v) is 12.3. The van der Waals surface area contributed by atoms with Gasteiger partial charge in [-0.1, -0.05) is 53.5 Å². The summed E-state index contributed by atoms with van der Waals surface area (Å²) >= 11 is 12.2. The van der Waals surface area contributed by atoms with E-state index in [-0.39, 0.29) is 21.4 Å². The number of primary amides is 1. The fourth-order valence-electron chi connectivity index (χ4n) is 1.93. The van der Waals surface area contributed by atoms with Crippen molar-refractivity contribution in [3.05, 3.63) is 63.1 Å². The standard InChI is InChI=1S/C15H11Cl2NO3/c16-12-7-13(21-15(18)20)10(14(17)11(12)8-19)6-9-4-2-1-3-5-9/h1-5,7-8H,6H2,(H2,18,20). The Kier molecular flexibility index (Phi) is 4.83. The monoisotopic (exact) mass is 323 g/mol. The van der Waals surface area contributed by atoms with Gasteiger partial charge in [0.15, 0.2) is 6.29 Å². The molecule has 6 heteroatoms. The van der Waals surface area contributed by atoms with Crippen molar-refractivity contribution in [2.75, 3.05) is 0 Å². The highest BCUT2D eigenvalue weighted by molar-refractivity contribution is 6.39. The summed E-state index contributed by atoms with van der Waals surface area (Å²) in [5, 5.41) is 0.251. The first-order chi connectivity index (χ1) is 10.0. The Bertz CT molecular complexity index is 687. The van der Waals surface area contributed by atoms with Crippen molar-refractivity contribution < 1.29 is 14.3 Å². The minimum atomic E-state index is -0.977. The van der Waals surface area contributed by atoms with Crippen LogP contribution in [0.2, 0.25) is 10.0 Å². The molecule has 0 aliphatic carbocycles. The predicted octanol–water partition coefficient (Wildman–Crippen LogP) is 3.85. The molecule has 0 atom stereocenters. The van der Waals surface area contributed by atoms with E-state index in [0.717, 1.165) is 5.56 Å². The SMILES string of the molecule is NC(=O)Oc1cc(Cl)c(C=O)c(Cl)c1Cc1ccccc1. The molecule has 108 valence electrons. The third-order valence-corrected chi connectivity index (χ3v) is 3.61. The van der Waals surface area contributed by atoms with Gasteiger partial charge >= 0.3 is 6.09 Å². The number of ether oxygens (including phenoxy) is 1. The van der Waals surface area contributed by atoms with Crippen molar-refractivity contribution >= 4 is 35.6 Å². The lowest BCUT2D eigenvalue weighted by molar-refractivity contribution is 0.112. The Morgan fingerprint density at radius 1 is 1.24 bits per heavy atom. The van der Waals surface area contributed by atoms with Gasteiger partial charge in [-0.25, -0.2) is 4.79 Å². The van der Waals surface area contributed by atoms with Crippen molar-refractivity contribution in [1.82, 2.24) is 0 Å². The summed E-state index contributed by atoms with van der Waals surface area (Å²) in [5.74, 6) is 0.145. The van der Waals surface area contributed by atoms with Gasteiger partial charge in [0.05, 0.1) is 15.6 Å². The molecule has 0 bridgehead atoms. The van der Waals surface area contributed by atoms with Crippen LogP contribution in [-0.2, 0) is 6.42 Å². The maximum absolute atomic E-state index is 11.1. The molecule has 4 nitrogen and oxygen atoms in total. The predicted molar refractivity (Wildman–Crippen MR) is 81.3 cm³/mol. The number of carbonyl (C=O) groups excluding carboxylic acids is 2. The molecule has 2 rings (SSSR count). The molecule has 2 aromatic carbocycles. The smallest absolute Gasteiger partial charge is 0.409 e. The molecule has 0 heterocycles. The molecule has 0 saturated heterocycles. The van der Waals surface area contributed by atoms with Crippen molar-refractivity contribution in [3.8, 4) is 5.75 Å². The fraction of sp³-hybridized carbons (Fsp3) is 0.0667. The van der Waals surface area contributed by atoms with Crippen LogP contribution in [0.25, 0.3) is 0 Å². The first kappa shape index (κ1) is 15.4. The Labute approximate surface area is 131 Å². The van der Waals surface area contributed by atoms with Crippen LogP contribution < -0.4 is 10.5 Å². The van der Waals surface area contributed by atoms with E-state index in [9.17, 15) is 9.59 Å². The minimum absolute atomic E-state index is 0.100. The van der Waals surface area contributed by atoms with E-state index in [0.29, 0.717) is 18.3 Å². The fourth-order valence-corrected chi connectivity index (χ4v) is 2.52. The molecule has 1 amide bonds. The number of hydrogen-bond acceptors (Lipinski definition) is 3. The summed E-state index contributed by atoms with van der Waals surface area (Å²) < 4.78 is 4.93. The van der Waals surface area contributed by atoms with E-state index >= 15 is 0 Å². The van der Waals surface area contributed by atoms with Gasteiger partial charge in [-0.3, -0.25) is 4.79 Å². The molecule has 2 aromatic rings. The number of halogens is 2. The maximum atomic E-state index is 11.1. The van der Waals surface area contributed by atoms with Gasteiger partial charge in [-0.2, -0.15) is 0 Å². The van der Waals surface area contributed by atoms with Gasteiger partial charge in [0.1, 0.15) is 5.75 Å². The van der Waals surface area contributed by atoms with Gasteiger partial charge in [-0.05, 0) is 5.56 Å². The highest BCUT2D eigenvalue weighted by Crippen LogP contribution is 2.36. The van der Waals surface area contributed by atoms with E-state index in [1.807, 2.05) is 30.3 Å². The van der Waals surface area contributed by atoms with Crippen molar-refractivity contribution in [1.29, 1.82) is 0 Å². The van der Waals surface area contributed by atoms with E-state index in [4.69, 9.17) is 33.7 Å². The molecule has 0 fully saturated rings. The van der Waals surface area contributed by atoms with Gasteiger partial charge < -0.3 is 10.5 Å². The molecule has 2 N–H and O–H groups in total. The summed E-state index contributed by atoms with van der Waals surface area (Å²) in [6.45, 7) is 0. The molecule has 21 heavy (non-hydrogen) atoms. The molecular weight excluding hydrogens is 313 g/mol. The molecule has 0 spiro atoms. The highest BCUT2D eigenvalue weighted by atomic mass is 35.5. The second-order valence-electron chi connectivity index (χ2n) is 4.26. The van der Waals surface area contributed by atoms with Crippen LogP contribution >= 0.6 is 23.2 Å². The molecule has 0 unspecified atom stereocenters. The van der Waals surface area contributed by atoms with Crippen LogP contribution in [-0.4, -0.2) is 12.4 Å². The third-order valence-electron chi connectivity index (χ3n) is 2.87. The number of aldehydes is 1. The Morgan fingerprint density at radius 2 is 1.90 bits per heavy atom. The van der Waals surface area contributed by atoms with E-state index < -0.39 is 6.09 Å². The number of carbonyl (C=O) groups is 2. The largest absolute Gasteiger partial charge is 0.410 e. The molecule has 0 aliphatic rings. The molecule has 0 aromatic heterocycles. The average molecular weight is 324 g/mol. The van der Waals surface area contributed by atoms with Crippen molar-refractivity contribution in [2.24, 2.45) is 5.73 Å². The first-order valence-electron chi connectivity index (χ1n) is 6.00. The van der Waals surface area contributed by atoms with Crippen LogP contribution in [0.4, 0.5) is 4.79 Å². The highest BCUT2D eigenvalue weighted by Gasteiger charge is 2.18. The summed E-state index contributed by atoms with van der Waals surface area (Å²) in [6.07, 6.45) is -0.0386. The number of rotatable bonds is 4. The van der Waals surface area contributed by atoms with E-state index in [1.54, 1.807) is 0 Å². The molecule has 0 saturated carbocycles. The quantitative estimate of drug-likeness (QED) is 0.868. The number of nitrogens with two attached hydrogens (primary N) is 1. The normalized spacial score (nSPS) is 10.2. The number of benzene rings is 2. The lowest BCUT2D eigenvalue weighted by Gasteiger charge is -2.13. The lowest BCUT2D eigenvalue weighted by Crippen LogP contribution is -2.17. The lowest BCUT2D eigenvalue weighted by atomic mass is 10.0. The van der Waals surface area contributed by atoms with Crippen molar-refractivity contribution in [3.63, 3.8) is 0 Å². The summed E-state index contributed by atoms with van der Waals surface area (Å²) in [4.78, 5) is 22.1. The van der Waals surface area contributed by atoms with Crippen molar-refractivity contribution in [2.45, 2.75) is 6.42 Å². The second kappa shape index (κ2) is 6.61. The Balaban J connectivity index is 2.54. The van der Waals surface area contributed by atoms with Gasteiger partial charge in [0.25, 0.3) is 0 Å². The second-order valence-corrected chi connectivity index (χ2v) is 5.05. The minimum Gasteiger partial charge on any atom is -0.410 e. The topological polar surface area (TPSA) is 69.4 Å². The van der Waals surface area contributed by atoms with Crippen LogP contribution in [0.15, 0.2) is 36.4 Å². The van der Waals surface area contributed by atoms with Gasteiger partial charge in [0, 0.05) is 18.1 Å². The summed E-state index contributed by atoms with van der Waals surface area (Å²) in [6, 6.07) is 10.8. The summed E-state index contributed by atoms with van der Waals surface area (Å²) in [7, 11) is 0. The van der Waals surface area contributed by atoms with E-state index in [2.05, 4.69) is 0 Å². The van der Waals surface area contributed by atoms with Gasteiger partial charge in [0.2, 0.25) is 0 Å². The molecular formula is C15H11Cl2NO3. The average Bonchev–Trinajstić information content (AvgIpc) is 2.44. The zero-order valence-electron chi connectivity index (χ0n) is 10.8. The van der Waals surface area contributed by atoms with E-state index in [1.165, 1.54) is 6.07 Å². The van der Waals surface area contributed by atoms with Crippen LogP contribution in [0, 0.1) is 0 Å².